The van der Waals surface area contributed by atoms with E-state index in [4.69, 9.17) is 5.39 Å². The van der Waals surface area contributed by atoms with Crippen molar-refractivity contribution in [2.75, 3.05) is 11.5 Å². The Morgan fingerprint density at radius 2 is 1.89 bits per heavy atom. The number of phenolic OH excluding ortho intramolecular Hbond substituents is 1. The van der Waals surface area contributed by atoms with Crippen molar-refractivity contribution in [3.63, 3.8) is 0 Å². The highest BCUT2D eigenvalue weighted by molar-refractivity contribution is 8.16. The predicted molar refractivity (Wildman–Crippen MR) is 83.5 cm³/mol. The van der Waals surface area contributed by atoms with Gasteiger partial charge in [0.1, 0.15) is 5.75 Å². The van der Waals surface area contributed by atoms with E-state index in [-0.39, 0.29) is 10.3 Å². The number of rotatable bonds is 1. The second-order valence-electron chi connectivity index (χ2n) is 5.90. The molecule has 0 unspecified atom stereocenters. The van der Waals surface area contributed by atoms with Crippen molar-refractivity contribution in [2.24, 2.45) is 11.3 Å². The molecule has 0 aliphatic carbocycles. The summed E-state index contributed by atoms with van der Waals surface area (Å²) in [5.41, 5.74) is 1.68. The maximum absolute atomic E-state index is 9.96. The molecule has 2 rings (SSSR count). The first kappa shape index (κ1) is 14.5. The van der Waals surface area contributed by atoms with E-state index >= 15 is 0 Å². The van der Waals surface area contributed by atoms with E-state index in [2.05, 4.69) is 25.7 Å². The summed E-state index contributed by atoms with van der Waals surface area (Å²) in [6.45, 7) is 6.84. The highest BCUT2D eigenvalue weighted by atomic mass is 32.2. The van der Waals surface area contributed by atoms with Crippen LogP contribution in [0.3, 0.4) is 0 Å². The van der Waals surface area contributed by atoms with Gasteiger partial charge in [0.25, 0.3) is 0 Å². The van der Waals surface area contributed by atoms with Gasteiger partial charge in [-0.05, 0) is 28.9 Å². The number of hydrogen-bond acceptors (Lipinski definition) is 4. The third-order valence-electron chi connectivity index (χ3n) is 3.50. The molecule has 1 aliphatic heterocycles. The highest BCUT2D eigenvalue weighted by Crippen LogP contribution is 2.51. The van der Waals surface area contributed by atoms with E-state index in [1.54, 1.807) is 18.2 Å². The summed E-state index contributed by atoms with van der Waals surface area (Å²) in [5.74, 6) is 3.17. The van der Waals surface area contributed by atoms with Crippen molar-refractivity contribution in [2.45, 2.75) is 25.4 Å². The van der Waals surface area contributed by atoms with Crippen LogP contribution in [0.5, 0.6) is 5.75 Å². The molecule has 1 aromatic carbocycles. The quantitative estimate of drug-likeness (QED) is 0.739. The molecular weight excluding hydrogens is 276 g/mol. The lowest BCUT2D eigenvalue weighted by Crippen LogP contribution is -2.27. The number of benzene rings is 1. The molecule has 1 aliphatic rings. The summed E-state index contributed by atoms with van der Waals surface area (Å²) in [6, 6.07) is 4.97. The zero-order chi connectivity index (χ0) is 14.0. The molecule has 1 heterocycles. The van der Waals surface area contributed by atoms with Crippen LogP contribution in [0.15, 0.2) is 18.2 Å². The molecule has 0 atom stereocenters. The summed E-state index contributed by atoms with van der Waals surface area (Å²) in [6.07, 6.45) is 0. The summed E-state index contributed by atoms with van der Waals surface area (Å²) >= 11 is 3.73. The van der Waals surface area contributed by atoms with Crippen LogP contribution in [-0.2, 0) is 0 Å². The Morgan fingerprint density at radius 1 is 1.26 bits per heavy atom. The molecule has 0 bridgehead atoms. The minimum absolute atomic E-state index is 0.222. The Balaban J connectivity index is 2.12. The van der Waals surface area contributed by atoms with Crippen molar-refractivity contribution in [3.05, 3.63) is 28.7 Å². The maximum Gasteiger partial charge on any atom is 0.385 e. The van der Waals surface area contributed by atoms with Gasteiger partial charge in [-0.25, -0.2) is 0 Å². The van der Waals surface area contributed by atoms with Crippen molar-refractivity contribution in [1.29, 1.82) is 5.39 Å². The molecular formula is C14H19N2OS2+. The normalized spacial score (nSPS) is 23.9. The van der Waals surface area contributed by atoms with Gasteiger partial charge in [0.2, 0.25) is 5.39 Å². The van der Waals surface area contributed by atoms with Crippen LogP contribution in [0.2, 0.25) is 0 Å². The number of phenols is 1. The molecule has 1 fully saturated rings. The molecule has 0 amide bonds. The Hall–Kier alpha value is -0.860. The molecule has 0 aromatic heterocycles. The molecule has 1 saturated heterocycles. The summed E-state index contributed by atoms with van der Waals surface area (Å²) < 4.78 is 0.222. The SMILES string of the molecule is CC(C)(C)C1CSC(c2cc([N+]#N)ccc2O)SC1. The first-order valence-electron chi connectivity index (χ1n) is 6.33. The average Bonchev–Trinajstić information content (AvgIpc) is 2.38. The lowest BCUT2D eigenvalue weighted by molar-refractivity contribution is 0.292. The van der Waals surface area contributed by atoms with Crippen LogP contribution in [0.1, 0.15) is 30.9 Å². The standard InChI is InChI=1S/C14H18N2OS2/c1-14(2,3)9-7-18-13(19-8-9)11-6-10(16-15)4-5-12(11)17/h4-6,9,13H,7-8H2,1-3H3/p+1. The lowest BCUT2D eigenvalue weighted by Gasteiger charge is -2.36. The minimum Gasteiger partial charge on any atom is -0.508 e. The number of diazo groups is 1. The largest absolute Gasteiger partial charge is 0.508 e. The lowest BCUT2D eigenvalue weighted by atomic mass is 9.83. The van der Waals surface area contributed by atoms with Crippen molar-refractivity contribution < 1.29 is 5.11 Å². The monoisotopic (exact) mass is 295 g/mol. The van der Waals surface area contributed by atoms with Crippen LogP contribution in [0.25, 0.3) is 4.98 Å². The topological polar surface area (TPSA) is 48.4 Å². The van der Waals surface area contributed by atoms with Gasteiger partial charge in [-0.2, -0.15) is 0 Å². The molecule has 102 valence electrons. The van der Waals surface area contributed by atoms with Gasteiger partial charge in [0, 0.05) is 17.7 Å². The fourth-order valence-electron chi connectivity index (χ4n) is 1.98. The van der Waals surface area contributed by atoms with Crippen LogP contribution in [-0.4, -0.2) is 16.6 Å². The van der Waals surface area contributed by atoms with Crippen molar-refractivity contribution >= 4 is 29.2 Å². The van der Waals surface area contributed by atoms with E-state index in [9.17, 15) is 5.11 Å². The van der Waals surface area contributed by atoms with Gasteiger partial charge in [-0.15, -0.1) is 23.5 Å². The van der Waals surface area contributed by atoms with Gasteiger partial charge in [-0.1, -0.05) is 20.8 Å². The van der Waals surface area contributed by atoms with Gasteiger partial charge in [-0.3, -0.25) is 0 Å². The molecule has 1 aromatic rings. The Bertz CT molecular complexity index is 497. The highest BCUT2D eigenvalue weighted by Gasteiger charge is 2.32. The fraction of sp³-hybridized carbons (Fsp3) is 0.571. The molecule has 0 saturated carbocycles. The Kier molecular flexibility index (Phi) is 4.32. The van der Waals surface area contributed by atoms with E-state index in [1.165, 1.54) is 0 Å². The second kappa shape index (κ2) is 5.64. The Labute approximate surface area is 122 Å². The molecule has 0 spiro atoms. The zero-order valence-corrected chi connectivity index (χ0v) is 13.1. The molecule has 5 heteroatoms. The molecule has 19 heavy (non-hydrogen) atoms. The maximum atomic E-state index is 9.96. The van der Waals surface area contributed by atoms with E-state index < -0.39 is 0 Å². The number of aromatic hydroxyl groups is 1. The summed E-state index contributed by atoms with van der Waals surface area (Å²) in [4.78, 5) is 3.19. The first-order chi connectivity index (χ1) is 8.91. The van der Waals surface area contributed by atoms with Crippen molar-refractivity contribution in [3.8, 4) is 5.75 Å². The van der Waals surface area contributed by atoms with Gasteiger partial charge in [0.15, 0.2) is 4.98 Å². The fourth-order valence-corrected chi connectivity index (χ4v) is 5.77. The minimum atomic E-state index is 0.222. The van der Waals surface area contributed by atoms with Gasteiger partial charge in [0.05, 0.1) is 4.58 Å². The average molecular weight is 295 g/mol. The van der Waals surface area contributed by atoms with Crippen LogP contribution < -0.4 is 0 Å². The zero-order valence-electron chi connectivity index (χ0n) is 11.5. The predicted octanol–water partition coefficient (Wildman–Crippen LogP) is 5.02. The van der Waals surface area contributed by atoms with Crippen LogP contribution >= 0.6 is 23.5 Å². The molecule has 3 nitrogen and oxygen atoms in total. The molecule has 0 radical (unpaired) electrons. The Morgan fingerprint density at radius 3 is 2.42 bits per heavy atom. The van der Waals surface area contributed by atoms with Crippen LogP contribution in [0, 0.1) is 16.7 Å². The number of nitrogens with zero attached hydrogens (tertiary/aromatic N) is 2. The smallest absolute Gasteiger partial charge is 0.385 e. The second-order valence-corrected chi connectivity index (χ2v) is 8.48. The first-order valence-corrected chi connectivity index (χ1v) is 8.43. The van der Waals surface area contributed by atoms with E-state index in [0.29, 0.717) is 17.0 Å². The summed E-state index contributed by atoms with van der Waals surface area (Å²) in [7, 11) is 0. The van der Waals surface area contributed by atoms with E-state index in [0.717, 1.165) is 17.1 Å². The van der Waals surface area contributed by atoms with Crippen molar-refractivity contribution in [1.82, 2.24) is 0 Å². The van der Waals surface area contributed by atoms with Gasteiger partial charge < -0.3 is 5.11 Å². The number of hydrogen-bond donors (Lipinski definition) is 1. The van der Waals surface area contributed by atoms with Gasteiger partial charge >= 0.3 is 5.69 Å². The summed E-state index contributed by atoms with van der Waals surface area (Å²) in [5, 5.41) is 18.8. The third-order valence-corrected chi connectivity index (χ3v) is 6.62. The van der Waals surface area contributed by atoms with Crippen LogP contribution in [0.4, 0.5) is 5.69 Å². The third kappa shape index (κ3) is 3.37. The number of thioether (sulfide) groups is 2. The van der Waals surface area contributed by atoms with E-state index in [1.807, 2.05) is 23.5 Å². The molecule has 1 N–H and O–H groups in total.